The van der Waals surface area contributed by atoms with Gasteiger partial charge in [-0.25, -0.2) is 0 Å². The molecule has 0 saturated carbocycles. The second kappa shape index (κ2) is 5.82. The minimum atomic E-state index is -0.385. The summed E-state index contributed by atoms with van der Waals surface area (Å²) < 4.78 is 0. The monoisotopic (exact) mass is 254 g/mol. The molecule has 0 radical (unpaired) electrons. The number of hydrogen-bond donors (Lipinski definition) is 1. The summed E-state index contributed by atoms with van der Waals surface area (Å²) in [5.74, 6) is 0. The fraction of sp³-hybridized carbons (Fsp3) is 0.0667. The number of nitro groups is 1. The third-order valence-electron chi connectivity index (χ3n) is 2.74. The summed E-state index contributed by atoms with van der Waals surface area (Å²) in [5.41, 5.74) is 2.70. The number of anilines is 1. The number of benzene rings is 2. The lowest BCUT2D eigenvalue weighted by molar-refractivity contribution is -0.384. The quantitative estimate of drug-likeness (QED) is 0.500. The number of nitrogens with zero attached hydrogens (tertiary/aromatic N) is 1. The van der Waals surface area contributed by atoms with E-state index < -0.39 is 0 Å². The van der Waals surface area contributed by atoms with Gasteiger partial charge in [0.1, 0.15) is 0 Å². The SMILES string of the molecule is C=CCNc1ccc([N+](=O)[O-])cc1-c1ccccc1. The molecule has 0 aromatic heterocycles. The van der Waals surface area contributed by atoms with E-state index in [4.69, 9.17) is 0 Å². The number of non-ortho nitro benzene ring substituents is 1. The summed E-state index contributed by atoms with van der Waals surface area (Å²) in [6.07, 6.45) is 1.75. The van der Waals surface area contributed by atoms with Crippen LogP contribution in [0.15, 0.2) is 61.2 Å². The van der Waals surface area contributed by atoms with Crippen LogP contribution in [0.3, 0.4) is 0 Å². The molecule has 2 aromatic rings. The first-order chi connectivity index (χ1) is 9.22. The molecule has 0 bridgehead atoms. The molecule has 4 nitrogen and oxygen atoms in total. The Balaban J connectivity index is 2.49. The number of rotatable bonds is 5. The lowest BCUT2D eigenvalue weighted by atomic mass is 10.0. The maximum absolute atomic E-state index is 10.9. The van der Waals surface area contributed by atoms with Gasteiger partial charge in [0.15, 0.2) is 0 Å². The molecular formula is C15H14N2O2. The van der Waals surface area contributed by atoms with Crippen LogP contribution in [0.5, 0.6) is 0 Å². The van der Waals surface area contributed by atoms with Crippen molar-refractivity contribution in [1.82, 2.24) is 0 Å². The van der Waals surface area contributed by atoms with Gasteiger partial charge in [-0.1, -0.05) is 36.4 Å². The second-order valence-electron chi connectivity index (χ2n) is 4.02. The molecule has 0 spiro atoms. The van der Waals surface area contributed by atoms with Crippen molar-refractivity contribution in [2.24, 2.45) is 0 Å². The zero-order chi connectivity index (χ0) is 13.7. The summed E-state index contributed by atoms with van der Waals surface area (Å²) in [7, 11) is 0. The Bertz CT molecular complexity index is 594. The van der Waals surface area contributed by atoms with Gasteiger partial charge in [0.05, 0.1) is 4.92 Å². The van der Waals surface area contributed by atoms with Crippen molar-refractivity contribution in [1.29, 1.82) is 0 Å². The Morgan fingerprint density at radius 2 is 1.95 bits per heavy atom. The van der Waals surface area contributed by atoms with Gasteiger partial charge in [0.2, 0.25) is 0 Å². The maximum atomic E-state index is 10.9. The molecule has 0 amide bonds. The highest BCUT2D eigenvalue weighted by Gasteiger charge is 2.11. The Morgan fingerprint density at radius 3 is 2.58 bits per heavy atom. The molecule has 0 fully saturated rings. The summed E-state index contributed by atoms with van der Waals surface area (Å²) in [6, 6.07) is 14.4. The van der Waals surface area contributed by atoms with Crippen LogP contribution in [0.2, 0.25) is 0 Å². The van der Waals surface area contributed by atoms with Crippen LogP contribution in [-0.4, -0.2) is 11.5 Å². The Kier molecular flexibility index (Phi) is 3.93. The largest absolute Gasteiger partial charge is 0.381 e. The Morgan fingerprint density at radius 1 is 1.21 bits per heavy atom. The first-order valence-corrected chi connectivity index (χ1v) is 5.91. The molecule has 0 aliphatic carbocycles. The molecule has 0 aliphatic heterocycles. The molecular weight excluding hydrogens is 240 g/mol. The van der Waals surface area contributed by atoms with Crippen LogP contribution in [0.1, 0.15) is 0 Å². The van der Waals surface area contributed by atoms with Gasteiger partial charge in [0, 0.05) is 29.9 Å². The van der Waals surface area contributed by atoms with E-state index in [1.165, 1.54) is 6.07 Å². The zero-order valence-corrected chi connectivity index (χ0v) is 10.4. The first-order valence-electron chi connectivity index (χ1n) is 5.91. The molecule has 1 N–H and O–H groups in total. The number of nitro benzene ring substituents is 1. The number of hydrogen-bond acceptors (Lipinski definition) is 3. The fourth-order valence-electron chi connectivity index (χ4n) is 1.84. The normalized spacial score (nSPS) is 9.89. The van der Waals surface area contributed by atoms with E-state index in [9.17, 15) is 10.1 Å². The van der Waals surface area contributed by atoms with Crippen molar-refractivity contribution < 1.29 is 4.92 Å². The summed E-state index contributed by atoms with van der Waals surface area (Å²) in [4.78, 5) is 10.5. The lowest BCUT2D eigenvalue weighted by Crippen LogP contribution is -2.00. The molecule has 0 heterocycles. The fourth-order valence-corrected chi connectivity index (χ4v) is 1.84. The van der Waals surface area contributed by atoms with Gasteiger partial charge in [-0.15, -0.1) is 6.58 Å². The zero-order valence-electron chi connectivity index (χ0n) is 10.4. The van der Waals surface area contributed by atoms with Crippen molar-refractivity contribution in [2.75, 3.05) is 11.9 Å². The third kappa shape index (κ3) is 2.98. The van der Waals surface area contributed by atoms with Gasteiger partial charge in [-0.3, -0.25) is 10.1 Å². The van der Waals surface area contributed by atoms with E-state index in [0.29, 0.717) is 6.54 Å². The highest BCUT2D eigenvalue weighted by Crippen LogP contribution is 2.31. The Labute approximate surface area is 111 Å². The highest BCUT2D eigenvalue weighted by molar-refractivity contribution is 5.80. The first kappa shape index (κ1) is 12.8. The molecule has 96 valence electrons. The van der Waals surface area contributed by atoms with E-state index in [-0.39, 0.29) is 10.6 Å². The predicted octanol–water partition coefficient (Wildman–Crippen LogP) is 3.86. The van der Waals surface area contributed by atoms with Crippen LogP contribution in [0.4, 0.5) is 11.4 Å². The average molecular weight is 254 g/mol. The molecule has 19 heavy (non-hydrogen) atoms. The average Bonchev–Trinajstić information content (AvgIpc) is 2.45. The minimum Gasteiger partial charge on any atom is -0.381 e. The van der Waals surface area contributed by atoms with E-state index in [1.807, 2.05) is 30.3 Å². The van der Waals surface area contributed by atoms with Crippen LogP contribution < -0.4 is 5.32 Å². The summed E-state index contributed by atoms with van der Waals surface area (Å²) >= 11 is 0. The lowest BCUT2D eigenvalue weighted by Gasteiger charge is -2.10. The molecule has 0 aliphatic rings. The van der Waals surface area contributed by atoms with Gasteiger partial charge in [0.25, 0.3) is 5.69 Å². The predicted molar refractivity (Wildman–Crippen MR) is 77.2 cm³/mol. The maximum Gasteiger partial charge on any atom is 0.270 e. The van der Waals surface area contributed by atoms with Crippen LogP contribution in [-0.2, 0) is 0 Å². The van der Waals surface area contributed by atoms with Crippen molar-refractivity contribution in [3.8, 4) is 11.1 Å². The highest BCUT2D eigenvalue weighted by atomic mass is 16.6. The van der Waals surface area contributed by atoms with E-state index in [2.05, 4.69) is 11.9 Å². The van der Waals surface area contributed by atoms with Gasteiger partial charge >= 0.3 is 0 Å². The topological polar surface area (TPSA) is 55.2 Å². The van der Waals surface area contributed by atoms with Crippen molar-refractivity contribution in [2.45, 2.75) is 0 Å². The van der Waals surface area contributed by atoms with E-state index in [0.717, 1.165) is 16.8 Å². The Hall–Kier alpha value is -2.62. The number of nitrogens with one attached hydrogen (secondary N) is 1. The third-order valence-corrected chi connectivity index (χ3v) is 2.74. The van der Waals surface area contributed by atoms with Crippen molar-refractivity contribution in [3.63, 3.8) is 0 Å². The van der Waals surface area contributed by atoms with Crippen LogP contribution in [0.25, 0.3) is 11.1 Å². The second-order valence-corrected chi connectivity index (χ2v) is 4.02. The standard InChI is InChI=1S/C15H14N2O2/c1-2-10-16-15-9-8-13(17(18)19)11-14(15)12-6-4-3-5-7-12/h2-9,11,16H,1,10H2. The smallest absolute Gasteiger partial charge is 0.270 e. The van der Waals surface area contributed by atoms with E-state index in [1.54, 1.807) is 18.2 Å². The molecule has 2 aromatic carbocycles. The van der Waals surface area contributed by atoms with Gasteiger partial charge in [-0.2, -0.15) is 0 Å². The van der Waals surface area contributed by atoms with Gasteiger partial charge in [-0.05, 0) is 11.6 Å². The minimum absolute atomic E-state index is 0.0861. The molecule has 0 atom stereocenters. The molecule has 4 heteroatoms. The molecule has 0 unspecified atom stereocenters. The molecule has 2 rings (SSSR count). The summed E-state index contributed by atoms with van der Waals surface area (Å²) in [5, 5.41) is 14.1. The van der Waals surface area contributed by atoms with Crippen molar-refractivity contribution in [3.05, 3.63) is 71.3 Å². The van der Waals surface area contributed by atoms with E-state index >= 15 is 0 Å². The summed E-state index contributed by atoms with van der Waals surface area (Å²) in [6.45, 7) is 4.26. The van der Waals surface area contributed by atoms with Gasteiger partial charge < -0.3 is 5.32 Å². The van der Waals surface area contributed by atoms with Crippen LogP contribution in [0, 0.1) is 10.1 Å². The van der Waals surface area contributed by atoms with Crippen LogP contribution >= 0.6 is 0 Å². The molecule has 0 saturated heterocycles. The van der Waals surface area contributed by atoms with Crippen molar-refractivity contribution >= 4 is 11.4 Å².